The maximum Gasteiger partial charge on any atom is 0.434 e. The van der Waals surface area contributed by atoms with Gasteiger partial charge in [0.1, 0.15) is 0 Å². The Morgan fingerprint density at radius 1 is 1.20 bits per heavy atom. The minimum absolute atomic E-state index is 0.502. The average Bonchev–Trinajstić information content (AvgIpc) is 2.67. The summed E-state index contributed by atoms with van der Waals surface area (Å²) in [5.41, 5.74) is -0.770. The molecule has 1 aromatic heterocycles. The summed E-state index contributed by atoms with van der Waals surface area (Å²) < 4.78 is 36.9. The Labute approximate surface area is 89.7 Å². The molecule has 2 rings (SSSR count). The molecule has 0 radical (unpaired) electrons. The van der Waals surface area contributed by atoms with Gasteiger partial charge in [-0.1, -0.05) is 0 Å². The van der Waals surface area contributed by atoms with Crippen LogP contribution in [-0.2, 0) is 6.18 Å². The highest BCUT2D eigenvalue weighted by Crippen LogP contribution is 2.33. The molecule has 0 amide bonds. The first-order valence-electron chi connectivity index (χ1n) is 4.85. The summed E-state index contributed by atoms with van der Waals surface area (Å²) in [4.78, 5) is 5.56. The maximum atomic E-state index is 12.3. The van der Waals surface area contributed by atoms with Gasteiger partial charge in [-0.05, 0) is 19.3 Å². The van der Waals surface area contributed by atoms with Gasteiger partial charge in [0.25, 0.3) is 0 Å². The molecule has 1 aliphatic rings. The second-order valence-electron chi connectivity index (χ2n) is 3.56. The smallest absolute Gasteiger partial charge is 0.348 e. The van der Waals surface area contributed by atoms with E-state index in [0.717, 1.165) is 49.1 Å². The number of anilines is 1. The molecule has 2 heterocycles. The van der Waals surface area contributed by atoms with Crippen LogP contribution in [-0.4, -0.2) is 18.1 Å². The minimum atomic E-state index is -4.31. The zero-order valence-electron chi connectivity index (χ0n) is 8.05. The predicted octanol–water partition coefficient (Wildman–Crippen LogP) is 3.15. The van der Waals surface area contributed by atoms with E-state index < -0.39 is 11.9 Å². The number of aromatic nitrogens is 1. The van der Waals surface area contributed by atoms with Gasteiger partial charge < -0.3 is 4.90 Å². The van der Waals surface area contributed by atoms with Crippen molar-refractivity contribution in [3.8, 4) is 0 Å². The monoisotopic (exact) mass is 236 g/mol. The maximum absolute atomic E-state index is 12.3. The first-order chi connectivity index (χ1) is 7.07. The Kier molecular flexibility index (Phi) is 2.86. The van der Waals surface area contributed by atoms with Crippen LogP contribution in [0.5, 0.6) is 0 Å². The van der Waals surface area contributed by atoms with Crippen molar-refractivity contribution >= 4 is 16.5 Å². The van der Waals surface area contributed by atoms with E-state index in [-0.39, 0.29) is 0 Å². The molecule has 1 aliphatic heterocycles. The van der Waals surface area contributed by atoms with Gasteiger partial charge in [-0.3, -0.25) is 0 Å². The van der Waals surface area contributed by atoms with Gasteiger partial charge in [-0.25, -0.2) is 4.98 Å². The van der Waals surface area contributed by atoms with E-state index in [0.29, 0.717) is 5.13 Å². The van der Waals surface area contributed by atoms with Crippen LogP contribution in [0.2, 0.25) is 0 Å². The summed E-state index contributed by atoms with van der Waals surface area (Å²) in [5, 5.41) is 1.59. The molecule has 0 aliphatic carbocycles. The van der Waals surface area contributed by atoms with Gasteiger partial charge in [0.2, 0.25) is 0 Å². The lowest BCUT2D eigenvalue weighted by atomic mass is 10.1. The molecule has 1 fully saturated rings. The Morgan fingerprint density at radius 3 is 2.40 bits per heavy atom. The van der Waals surface area contributed by atoms with Crippen molar-refractivity contribution < 1.29 is 13.2 Å². The van der Waals surface area contributed by atoms with Crippen molar-refractivity contribution in [3.05, 3.63) is 11.1 Å². The molecule has 0 N–H and O–H groups in total. The third-order valence-electron chi connectivity index (χ3n) is 2.41. The third-order valence-corrected chi connectivity index (χ3v) is 3.31. The molecule has 0 spiro atoms. The second kappa shape index (κ2) is 4.00. The molecule has 1 saturated heterocycles. The zero-order valence-corrected chi connectivity index (χ0v) is 8.87. The van der Waals surface area contributed by atoms with Gasteiger partial charge in [0.15, 0.2) is 10.8 Å². The largest absolute Gasteiger partial charge is 0.434 e. The average molecular weight is 236 g/mol. The van der Waals surface area contributed by atoms with Crippen LogP contribution in [0, 0.1) is 0 Å². The normalized spacial score (nSPS) is 18.2. The Bertz CT molecular complexity index is 328. The van der Waals surface area contributed by atoms with E-state index in [4.69, 9.17) is 0 Å². The molecule has 84 valence electrons. The lowest BCUT2D eigenvalue weighted by Gasteiger charge is -2.25. The van der Waals surface area contributed by atoms with Crippen molar-refractivity contribution in [2.75, 3.05) is 18.0 Å². The van der Waals surface area contributed by atoms with Crippen molar-refractivity contribution in [3.63, 3.8) is 0 Å². The number of hydrogen-bond donors (Lipinski definition) is 0. The van der Waals surface area contributed by atoms with Gasteiger partial charge in [-0.2, -0.15) is 13.2 Å². The molecule has 0 unspecified atom stereocenters. The highest BCUT2D eigenvalue weighted by Gasteiger charge is 2.34. The fraction of sp³-hybridized carbons (Fsp3) is 0.667. The first kappa shape index (κ1) is 10.7. The summed E-state index contributed by atoms with van der Waals surface area (Å²) >= 11 is 1.08. The number of halogens is 3. The van der Waals surface area contributed by atoms with Crippen molar-refractivity contribution in [2.45, 2.75) is 25.4 Å². The summed E-state index contributed by atoms with van der Waals surface area (Å²) in [5.74, 6) is 0. The number of alkyl halides is 3. The highest BCUT2D eigenvalue weighted by atomic mass is 32.1. The lowest BCUT2D eigenvalue weighted by Crippen LogP contribution is -2.29. The fourth-order valence-corrected chi connectivity index (χ4v) is 2.51. The van der Waals surface area contributed by atoms with Crippen LogP contribution in [0.4, 0.5) is 18.3 Å². The summed E-state index contributed by atoms with van der Waals surface area (Å²) in [6.45, 7) is 1.65. The van der Waals surface area contributed by atoms with E-state index in [1.807, 2.05) is 4.90 Å². The molecule has 0 saturated carbocycles. The molecule has 6 heteroatoms. The number of piperidine rings is 1. The second-order valence-corrected chi connectivity index (χ2v) is 4.40. The first-order valence-corrected chi connectivity index (χ1v) is 5.73. The van der Waals surface area contributed by atoms with Crippen LogP contribution < -0.4 is 4.90 Å². The SMILES string of the molecule is FC(F)(F)c1csc(N2CCCCC2)n1. The molecule has 1 aromatic rings. The van der Waals surface area contributed by atoms with Crippen molar-refractivity contribution in [2.24, 2.45) is 0 Å². The van der Waals surface area contributed by atoms with Gasteiger partial charge in [-0.15, -0.1) is 11.3 Å². The number of rotatable bonds is 1. The Hall–Kier alpha value is -0.780. The number of hydrogen-bond acceptors (Lipinski definition) is 3. The van der Waals surface area contributed by atoms with E-state index in [9.17, 15) is 13.2 Å². The van der Waals surface area contributed by atoms with Gasteiger partial charge >= 0.3 is 6.18 Å². The molecule has 0 aromatic carbocycles. The predicted molar refractivity (Wildman–Crippen MR) is 53.2 cm³/mol. The zero-order chi connectivity index (χ0) is 10.9. The standard InChI is InChI=1S/C9H11F3N2S/c10-9(11,12)7-6-15-8(13-7)14-4-2-1-3-5-14/h6H,1-5H2. The van der Waals surface area contributed by atoms with E-state index >= 15 is 0 Å². The van der Waals surface area contributed by atoms with Crippen LogP contribution in [0.15, 0.2) is 5.38 Å². The number of nitrogens with zero attached hydrogens (tertiary/aromatic N) is 2. The summed E-state index contributed by atoms with van der Waals surface area (Å²) in [6.07, 6.45) is -1.07. The molecule has 15 heavy (non-hydrogen) atoms. The van der Waals surface area contributed by atoms with E-state index in [2.05, 4.69) is 4.98 Å². The van der Waals surface area contributed by atoms with Crippen LogP contribution in [0.1, 0.15) is 25.0 Å². The van der Waals surface area contributed by atoms with Gasteiger partial charge in [0.05, 0.1) is 0 Å². The fourth-order valence-electron chi connectivity index (χ4n) is 1.62. The third kappa shape index (κ3) is 2.42. The Morgan fingerprint density at radius 2 is 1.87 bits per heavy atom. The van der Waals surface area contributed by atoms with E-state index in [1.54, 1.807) is 0 Å². The van der Waals surface area contributed by atoms with Crippen molar-refractivity contribution in [1.82, 2.24) is 4.98 Å². The van der Waals surface area contributed by atoms with Crippen molar-refractivity contribution in [1.29, 1.82) is 0 Å². The summed E-state index contributed by atoms with van der Waals surface area (Å²) in [6, 6.07) is 0. The summed E-state index contributed by atoms with van der Waals surface area (Å²) in [7, 11) is 0. The lowest BCUT2D eigenvalue weighted by molar-refractivity contribution is -0.140. The number of thiazole rings is 1. The molecule has 0 atom stereocenters. The Balaban J connectivity index is 2.12. The van der Waals surface area contributed by atoms with Crippen LogP contribution in [0.3, 0.4) is 0 Å². The van der Waals surface area contributed by atoms with Gasteiger partial charge in [0, 0.05) is 18.5 Å². The van der Waals surface area contributed by atoms with Crippen LogP contribution in [0.25, 0.3) is 0 Å². The quantitative estimate of drug-likeness (QED) is 0.744. The molecule has 0 bridgehead atoms. The molecular formula is C9H11F3N2S. The van der Waals surface area contributed by atoms with E-state index in [1.165, 1.54) is 0 Å². The molecular weight excluding hydrogens is 225 g/mol. The minimum Gasteiger partial charge on any atom is -0.348 e. The highest BCUT2D eigenvalue weighted by molar-refractivity contribution is 7.13. The molecule has 2 nitrogen and oxygen atoms in total. The topological polar surface area (TPSA) is 16.1 Å². The van der Waals surface area contributed by atoms with Crippen LogP contribution >= 0.6 is 11.3 Å².